The molecule has 2 heterocycles. The first kappa shape index (κ1) is 22.9. The predicted molar refractivity (Wildman–Crippen MR) is 117 cm³/mol. The molecule has 0 saturated heterocycles. The van der Waals surface area contributed by atoms with Crippen molar-refractivity contribution in [1.29, 1.82) is 0 Å². The quantitative estimate of drug-likeness (QED) is 0.612. The fourth-order valence-corrected chi connectivity index (χ4v) is 3.74. The van der Waals surface area contributed by atoms with Gasteiger partial charge in [0.1, 0.15) is 17.1 Å². The van der Waals surface area contributed by atoms with Crippen LogP contribution in [0.3, 0.4) is 0 Å². The van der Waals surface area contributed by atoms with E-state index < -0.39 is 0 Å². The largest absolute Gasteiger partial charge is 0.464 e. The van der Waals surface area contributed by atoms with Crippen LogP contribution in [0.25, 0.3) is 0 Å². The maximum atomic E-state index is 13.4. The number of carbonyl (C=O) groups is 1. The van der Waals surface area contributed by atoms with E-state index in [2.05, 4.69) is 18.7 Å². The Bertz CT molecular complexity index is 878. The van der Waals surface area contributed by atoms with Crippen molar-refractivity contribution in [2.45, 2.75) is 54.5 Å². The van der Waals surface area contributed by atoms with Crippen LogP contribution in [0.5, 0.6) is 0 Å². The Morgan fingerprint density at radius 2 is 1.72 bits per heavy atom. The molecule has 0 aliphatic carbocycles. The van der Waals surface area contributed by atoms with E-state index in [-0.39, 0.29) is 11.3 Å². The van der Waals surface area contributed by atoms with Gasteiger partial charge in [-0.2, -0.15) is 0 Å². The highest BCUT2D eigenvalue weighted by atomic mass is 16.3. The Kier molecular flexibility index (Phi) is 8.26. The number of aryl methyl sites for hydroxylation is 2. The first-order valence-electron chi connectivity index (χ1n) is 10.7. The van der Waals surface area contributed by atoms with Crippen molar-refractivity contribution >= 4 is 5.91 Å². The predicted octanol–water partition coefficient (Wildman–Crippen LogP) is 3.47. The summed E-state index contributed by atoms with van der Waals surface area (Å²) >= 11 is 0. The zero-order valence-electron chi connectivity index (χ0n) is 18.7. The van der Waals surface area contributed by atoms with Gasteiger partial charge in [0.05, 0.1) is 6.54 Å². The molecule has 2 aromatic rings. The zero-order valence-corrected chi connectivity index (χ0v) is 18.7. The number of hydrogen-bond acceptors (Lipinski definition) is 4. The maximum Gasteiger partial charge on any atom is 0.259 e. The number of amides is 1. The average Bonchev–Trinajstić information content (AvgIpc) is 3.11. The topological polar surface area (TPSA) is 58.7 Å². The van der Waals surface area contributed by atoms with E-state index in [1.54, 1.807) is 11.0 Å². The third-order valence-electron chi connectivity index (χ3n) is 5.53. The molecular weight excluding hydrogens is 366 g/mol. The number of nitrogens with zero attached hydrogens (tertiary/aromatic N) is 3. The van der Waals surface area contributed by atoms with Crippen molar-refractivity contribution in [1.82, 2.24) is 14.4 Å². The second kappa shape index (κ2) is 10.4. The molecule has 0 bridgehead atoms. The number of hydrogen-bond donors (Lipinski definition) is 0. The normalized spacial score (nSPS) is 11.3. The summed E-state index contributed by atoms with van der Waals surface area (Å²) in [5, 5.41) is 0. The van der Waals surface area contributed by atoms with Crippen molar-refractivity contribution in [2.24, 2.45) is 0 Å². The van der Waals surface area contributed by atoms with Gasteiger partial charge in [-0.25, -0.2) is 0 Å². The third-order valence-corrected chi connectivity index (χ3v) is 5.53. The second-order valence-electron chi connectivity index (χ2n) is 7.34. The maximum absolute atomic E-state index is 13.4. The van der Waals surface area contributed by atoms with Gasteiger partial charge in [0.25, 0.3) is 5.91 Å². The Hall–Kier alpha value is -2.34. The summed E-state index contributed by atoms with van der Waals surface area (Å²) in [5.74, 6) is 1.49. The van der Waals surface area contributed by atoms with Crippen LogP contribution in [0.2, 0.25) is 0 Å². The van der Waals surface area contributed by atoms with Crippen LogP contribution in [0, 0.1) is 13.8 Å². The van der Waals surface area contributed by atoms with Gasteiger partial charge in [-0.05, 0) is 52.4 Å². The fourth-order valence-electron chi connectivity index (χ4n) is 3.74. The lowest BCUT2D eigenvalue weighted by atomic mass is 10.1. The number of rotatable bonds is 10. The van der Waals surface area contributed by atoms with Crippen LogP contribution < -0.4 is 5.43 Å². The number of pyridine rings is 1. The van der Waals surface area contributed by atoms with Crippen LogP contribution in [0.15, 0.2) is 27.4 Å². The SMILES string of the molecule is CCc1c(C(=O)N(CC)CCN(CC)CC)c(=O)cc(C)n1Cc1ccc(C)o1. The van der Waals surface area contributed by atoms with Gasteiger partial charge in [0.15, 0.2) is 5.43 Å². The minimum atomic E-state index is -0.197. The molecular formula is C23H35N3O3. The summed E-state index contributed by atoms with van der Waals surface area (Å²) in [4.78, 5) is 30.3. The van der Waals surface area contributed by atoms with Gasteiger partial charge in [-0.15, -0.1) is 0 Å². The molecule has 0 saturated carbocycles. The molecule has 0 spiro atoms. The zero-order chi connectivity index (χ0) is 21.6. The van der Waals surface area contributed by atoms with E-state index in [1.807, 2.05) is 44.4 Å². The fraction of sp³-hybridized carbons (Fsp3) is 0.565. The molecule has 0 N–H and O–H groups in total. The molecule has 0 aromatic carbocycles. The molecule has 2 rings (SSSR count). The van der Waals surface area contributed by atoms with Crippen molar-refractivity contribution in [3.63, 3.8) is 0 Å². The Labute approximate surface area is 174 Å². The summed E-state index contributed by atoms with van der Waals surface area (Å²) in [6, 6.07) is 5.44. The Morgan fingerprint density at radius 3 is 2.24 bits per heavy atom. The van der Waals surface area contributed by atoms with Crippen LogP contribution in [0.4, 0.5) is 0 Å². The van der Waals surface area contributed by atoms with E-state index in [0.29, 0.717) is 31.6 Å². The Balaban J connectivity index is 2.40. The molecule has 0 atom stereocenters. The lowest BCUT2D eigenvalue weighted by Crippen LogP contribution is -2.41. The molecule has 0 aliphatic rings. The first-order valence-corrected chi connectivity index (χ1v) is 10.7. The highest BCUT2D eigenvalue weighted by Gasteiger charge is 2.24. The van der Waals surface area contributed by atoms with Gasteiger partial charge >= 0.3 is 0 Å². The van der Waals surface area contributed by atoms with Gasteiger partial charge < -0.3 is 18.8 Å². The van der Waals surface area contributed by atoms with Crippen molar-refractivity contribution in [3.05, 3.63) is 56.9 Å². The van der Waals surface area contributed by atoms with E-state index in [1.165, 1.54) is 0 Å². The van der Waals surface area contributed by atoms with Crippen LogP contribution in [0.1, 0.15) is 61.0 Å². The summed E-state index contributed by atoms with van der Waals surface area (Å²) in [6.45, 7) is 16.4. The average molecular weight is 402 g/mol. The number of carbonyl (C=O) groups excluding carboxylic acids is 1. The second-order valence-corrected chi connectivity index (χ2v) is 7.34. The van der Waals surface area contributed by atoms with Crippen LogP contribution in [-0.2, 0) is 13.0 Å². The number of furan rings is 1. The molecule has 2 aromatic heterocycles. The molecule has 0 radical (unpaired) electrons. The minimum Gasteiger partial charge on any atom is -0.464 e. The highest BCUT2D eigenvalue weighted by Crippen LogP contribution is 2.16. The molecule has 6 heteroatoms. The van der Waals surface area contributed by atoms with Gasteiger partial charge in [-0.1, -0.05) is 20.8 Å². The van der Waals surface area contributed by atoms with Gasteiger partial charge in [0, 0.05) is 37.1 Å². The minimum absolute atomic E-state index is 0.175. The van der Waals surface area contributed by atoms with Crippen molar-refractivity contribution in [3.8, 4) is 0 Å². The molecule has 29 heavy (non-hydrogen) atoms. The number of aromatic nitrogens is 1. The molecule has 160 valence electrons. The van der Waals surface area contributed by atoms with Crippen molar-refractivity contribution in [2.75, 3.05) is 32.7 Å². The lowest BCUT2D eigenvalue weighted by molar-refractivity contribution is 0.0743. The van der Waals surface area contributed by atoms with Gasteiger partial charge in [-0.3, -0.25) is 9.59 Å². The highest BCUT2D eigenvalue weighted by molar-refractivity contribution is 5.95. The summed E-state index contributed by atoms with van der Waals surface area (Å²) in [7, 11) is 0. The number of likely N-dealkylation sites (N-methyl/N-ethyl adjacent to an activating group) is 2. The standard InChI is InChI=1S/C23H35N3O3/c1-7-20-22(23(28)25(10-4)14-13-24(8-2)9-3)21(27)15-17(5)26(20)16-19-12-11-18(6)29-19/h11-12,15H,7-10,13-14,16H2,1-6H3. The summed E-state index contributed by atoms with van der Waals surface area (Å²) < 4.78 is 7.76. The van der Waals surface area contributed by atoms with Crippen LogP contribution >= 0.6 is 0 Å². The molecule has 0 aliphatic heterocycles. The van der Waals surface area contributed by atoms with E-state index in [9.17, 15) is 9.59 Å². The summed E-state index contributed by atoms with van der Waals surface area (Å²) in [5.41, 5.74) is 1.71. The molecule has 0 unspecified atom stereocenters. The van der Waals surface area contributed by atoms with E-state index in [0.717, 1.165) is 42.5 Å². The monoisotopic (exact) mass is 401 g/mol. The van der Waals surface area contributed by atoms with Crippen LogP contribution in [-0.4, -0.2) is 53.0 Å². The lowest BCUT2D eigenvalue weighted by Gasteiger charge is -2.27. The summed E-state index contributed by atoms with van der Waals surface area (Å²) in [6.07, 6.45) is 0.602. The Morgan fingerprint density at radius 1 is 1.03 bits per heavy atom. The smallest absolute Gasteiger partial charge is 0.259 e. The van der Waals surface area contributed by atoms with E-state index >= 15 is 0 Å². The van der Waals surface area contributed by atoms with Gasteiger partial charge in [0.2, 0.25) is 0 Å². The first-order chi connectivity index (χ1) is 13.9. The third kappa shape index (κ3) is 5.38. The molecule has 0 fully saturated rings. The molecule has 1 amide bonds. The van der Waals surface area contributed by atoms with Crippen molar-refractivity contribution < 1.29 is 9.21 Å². The van der Waals surface area contributed by atoms with E-state index in [4.69, 9.17) is 4.42 Å². The molecule has 6 nitrogen and oxygen atoms in total.